The van der Waals surface area contributed by atoms with E-state index in [0.29, 0.717) is 37.8 Å². The van der Waals surface area contributed by atoms with Crippen LogP contribution >= 0.6 is 0 Å². The van der Waals surface area contributed by atoms with Gasteiger partial charge in [-0.05, 0) is 25.7 Å². The first-order valence-corrected chi connectivity index (χ1v) is 8.44. The standard InChI is InChI=1S/C17H22F2N2O2/c1-2-3-15(23)16-13-5-4-12(22)10-14(13)21(20-16)11-6-8-17(18,19)9-7-11/h11H,2-10H2,1H3. The molecule has 0 atom stereocenters. The van der Waals surface area contributed by atoms with Crippen molar-refractivity contribution in [3.63, 3.8) is 0 Å². The van der Waals surface area contributed by atoms with Gasteiger partial charge < -0.3 is 0 Å². The Hall–Kier alpha value is -1.59. The minimum absolute atomic E-state index is 0.00186. The first-order valence-electron chi connectivity index (χ1n) is 8.44. The molecule has 0 N–H and O–H groups in total. The van der Waals surface area contributed by atoms with Crippen molar-refractivity contribution in [3.05, 3.63) is 17.0 Å². The first kappa shape index (κ1) is 16.3. The van der Waals surface area contributed by atoms with Crippen molar-refractivity contribution in [2.75, 3.05) is 0 Å². The van der Waals surface area contributed by atoms with E-state index in [-0.39, 0.29) is 36.9 Å². The minimum atomic E-state index is -2.60. The normalized spacial score (nSPS) is 21.3. The Bertz CT molecular complexity index is 627. The summed E-state index contributed by atoms with van der Waals surface area (Å²) in [5, 5.41) is 4.49. The molecule has 23 heavy (non-hydrogen) atoms. The summed E-state index contributed by atoms with van der Waals surface area (Å²) in [7, 11) is 0. The highest BCUT2D eigenvalue weighted by molar-refractivity contribution is 5.97. The molecule has 1 fully saturated rings. The van der Waals surface area contributed by atoms with Crippen LogP contribution in [0.3, 0.4) is 0 Å². The Morgan fingerprint density at radius 1 is 1.30 bits per heavy atom. The van der Waals surface area contributed by atoms with E-state index in [1.165, 1.54) is 0 Å². The van der Waals surface area contributed by atoms with E-state index >= 15 is 0 Å². The van der Waals surface area contributed by atoms with E-state index in [1.54, 1.807) is 4.68 Å². The number of ketones is 2. The van der Waals surface area contributed by atoms with Crippen LogP contribution in [0.25, 0.3) is 0 Å². The predicted octanol–water partition coefficient (Wildman–Crippen LogP) is 3.67. The van der Waals surface area contributed by atoms with Gasteiger partial charge in [-0.1, -0.05) is 6.92 Å². The van der Waals surface area contributed by atoms with E-state index in [4.69, 9.17) is 0 Å². The number of hydrogen-bond acceptors (Lipinski definition) is 3. The molecule has 0 radical (unpaired) electrons. The third-order valence-electron chi connectivity index (χ3n) is 4.91. The smallest absolute Gasteiger partial charge is 0.248 e. The average molecular weight is 324 g/mol. The number of carbonyl (C=O) groups excluding carboxylic acids is 2. The largest absolute Gasteiger partial charge is 0.299 e. The zero-order chi connectivity index (χ0) is 16.6. The van der Waals surface area contributed by atoms with Crippen LogP contribution in [0.1, 0.15) is 79.7 Å². The van der Waals surface area contributed by atoms with Crippen LogP contribution in [0.2, 0.25) is 0 Å². The van der Waals surface area contributed by atoms with Crippen LogP contribution in [0.5, 0.6) is 0 Å². The Kier molecular flexibility index (Phi) is 4.34. The molecule has 4 nitrogen and oxygen atoms in total. The van der Waals surface area contributed by atoms with E-state index < -0.39 is 5.92 Å². The Morgan fingerprint density at radius 2 is 2.00 bits per heavy atom. The lowest BCUT2D eigenvalue weighted by Crippen LogP contribution is -2.28. The lowest BCUT2D eigenvalue weighted by atomic mass is 9.90. The van der Waals surface area contributed by atoms with E-state index in [1.807, 2.05) is 6.92 Å². The van der Waals surface area contributed by atoms with Gasteiger partial charge in [0.05, 0.1) is 11.7 Å². The molecule has 0 spiro atoms. The molecule has 1 heterocycles. The molecule has 126 valence electrons. The van der Waals surface area contributed by atoms with Crippen molar-refractivity contribution in [2.45, 2.75) is 76.7 Å². The number of hydrogen-bond donors (Lipinski definition) is 0. The van der Waals surface area contributed by atoms with Gasteiger partial charge in [0, 0.05) is 37.7 Å². The summed E-state index contributed by atoms with van der Waals surface area (Å²) in [6.07, 6.45) is 2.81. The molecule has 0 aromatic carbocycles. The quantitative estimate of drug-likeness (QED) is 0.794. The molecule has 1 saturated carbocycles. The molecule has 0 aliphatic heterocycles. The van der Waals surface area contributed by atoms with Crippen molar-refractivity contribution in [1.82, 2.24) is 9.78 Å². The average Bonchev–Trinajstić information content (AvgIpc) is 2.86. The maximum atomic E-state index is 13.4. The minimum Gasteiger partial charge on any atom is -0.299 e. The van der Waals surface area contributed by atoms with Crippen LogP contribution < -0.4 is 0 Å². The maximum absolute atomic E-state index is 13.4. The van der Waals surface area contributed by atoms with Crippen LogP contribution in [0, 0.1) is 0 Å². The fourth-order valence-electron chi connectivity index (χ4n) is 3.63. The van der Waals surface area contributed by atoms with Gasteiger partial charge in [-0.3, -0.25) is 14.3 Å². The van der Waals surface area contributed by atoms with Gasteiger partial charge in [0.1, 0.15) is 11.5 Å². The van der Waals surface area contributed by atoms with Crippen LogP contribution in [-0.4, -0.2) is 27.3 Å². The number of fused-ring (bicyclic) bond motifs is 1. The van der Waals surface area contributed by atoms with Gasteiger partial charge in [-0.25, -0.2) is 8.78 Å². The van der Waals surface area contributed by atoms with Gasteiger partial charge in [0.2, 0.25) is 5.92 Å². The fraction of sp³-hybridized carbons (Fsp3) is 0.706. The molecule has 0 saturated heterocycles. The number of nitrogens with zero attached hydrogens (tertiary/aromatic N) is 2. The number of alkyl halides is 2. The number of Topliss-reactive ketones (excluding diaryl/α,β-unsaturated/α-hetero) is 2. The Morgan fingerprint density at radius 3 is 2.65 bits per heavy atom. The number of rotatable bonds is 4. The monoisotopic (exact) mass is 324 g/mol. The number of aromatic nitrogens is 2. The van der Waals surface area contributed by atoms with Crippen molar-refractivity contribution in [2.24, 2.45) is 0 Å². The first-order chi connectivity index (χ1) is 10.9. The molecular weight excluding hydrogens is 302 g/mol. The third-order valence-corrected chi connectivity index (χ3v) is 4.91. The topological polar surface area (TPSA) is 52.0 Å². The molecule has 2 aliphatic rings. The SMILES string of the molecule is CCCC(=O)c1nn(C2CCC(F)(F)CC2)c2c1CCC(=O)C2. The fourth-order valence-corrected chi connectivity index (χ4v) is 3.63. The zero-order valence-corrected chi connectivity index (χ0v) is 13.4. The molecule has 1 aromatic heterocycles. The molecule has 0 unspecified atom stereocenters. The van der Waals surface area contributed by atoms with Crippen molar-refractivity contribution in [1.29, 1.82) is 0 Å². The molecule has 2 aliphatic carbocycles. The summed E-state index contributed by atoms with van der Waals surface area (Å²) in [6, 6.07) is -0.127. The third kappa shape index (κ3) is 3.21. The molecule has 3 rings (SSSR count). The van der Waals surface area contributed by atoms with E-state index in [0.717, 1.165) is 17.7 Å². The summed E-state index contributed by atoms with van der Waals surface area (Å²) in [6.45, 7) is 1.94. The van der Waals surface area contributed by atoms with Gasteiger partial charge in [0.15, 0.2) is 5.78 Å². The second-order valence-corrected chi connectivity index (χ2v) is 6.69. The Labute approximate surface area is 134 Å². The molecule has 1 aromatic rings. The lowest BCUT2D eigenvalue weighted by Gasteiger charge is -2.29. The van der Waals surface area contributed by atoms with Crippen LogP contribution in [-0.2, 0) is 17.6 Å². The van der Waals surface area contributed by atoms with Crippen molar-refractivity contribution >= 4 is 11.6 Å². The highest BCUT2D eigenvalue weighted by Crippen LogP contribution is 2.40. The summed E-state index contributed by atoms with van der Waals surface area (Å²) in [5.41, 5.74) is 2.13. The molecular formula is C17H22F2N2O2. The van der Waals surface area contributed by atoms with Gasteiger partial charge in [0.25, 0.3) is 0 Å². The molecule has 0 amide bonds. The summed E-state index contributed by atoms with van der Waals surface area (Å²) in [4.78, 5) is 24.1. The van der Waals surface area contributed by atoms with E-state index in [2.05, 4.69) is 5.10 Å². The van der Waals surface area contributed by atoms with Gasteiger partial charge in [-0.15, -0.1) is 0 Å². The highest BCUT2D eigenvalue weighted by atomic mass is 19.3. The number of carbonyl (C=O) groups is 2. The van der Waals surface area contributed by atoms with Crippen LogP contribution in [0.15, 0.2) is 0 Å². The Balaban J connectivity index is 1.94. The molecule has 0 bridgehead atoms. The summed E-state index contributed by atoms with van der Waals surface area (Å²) in [5.74, 6) is -2.47. The maximum Gasteiger partial charge on any atom is 0.248 e. The van der Waals surface area contributed by atoms with E-state index in [9.17, 15) is 18.4 Å². The van der Waals surface area contributed by atoms with Crippen molar-refractivity contribution in [3.8, 4) is 0 Å². The zero-order valence-electron chi connectivity index (χ0n) is 13.4. The highest BCUT2D eigenvalue weighted by Gasteiger charge is 2.38. The predicted molar refractivity (Wildman–Crippen MR) is 80.9 cm³/mol. The van der Waals surface area contributed by atoms with Gasteiger partial charge >= 0.3 is 0 Å². The summed E-state index contributed by atoms with van der Waals surface area (Å²) < 4.78 is 28.5. The summed E-state index contributed by atoms with van der Waals surface area (Å²) >= 11 is 0. The van der Waals surface area contributed by atoms with Crippen LogP contribution in [0.4, 0.5) is 8.78 Å². The second-order valence-electron chi connectivity index (χ2n) is 6.69. The van der Waals surface area contributed by atoms with Gasteiger partial charge in [-0.2, -0.15) is 5.10 Å². The number of halogens is 2. The lowest BCUT2D eigenvalue weighted by molar-refractivity contribution is -0.118. The van der Waals surface area contributed by atoms with Crippen molar-refractivity contribution < 1.29 is 18.4 Å². The molecule has 6 heteroatoms. The second kappa shape index (κ2) is 6.13.